The van der Waals surface area contributed by atoms with Crippen LogP contribution in [0.2, 0.25) is 0 Å². The Balaban J connectivity index is 1.28. The van der Waals surface area contributed by atoms with E-state index in [1.807, 2.05) is 48.5 Å². The molecule has 0 aliphatic heterocycles. The van der Waals surface area contributed by atoms with Crippen molar-refractivity contribution in [3.05, 3.63) is 176 Å². The van der Waals surface area contributed by atoms with Gasteiger partial charge in [0.15, 0.2) is 7.14 Å². The first-order valence-corrected chi connectivity index (χ1v) is 17.4. The molecule has 46 heavy (non-hydrogen) atoms. The minimum atomic E-state index is -3.14. The van der Waals surface area contributed by atoms with Crippen molar-refractivity contribution in [3.63, 3.8) is 0 Å². The SMILES string of the molecule is O=P(c1ccccc1)(c1ccc(-c2cc3c4ccccc4ccc3c3cc4ccccc4cc23)cc1)c1ccc2ccccc2c1. The first-order chi connectivity index (χ1) is 22.7. The smallest absolute Gasteiger partial charge is 0.171 e. The van der Waals surface area contributed by atoms with Gasteiger partial charge in [-0.1, -0.05) is 152 Å². The van der Waals surface area contributed by atoms with Crippen molar-refractivity contribution >= 4 is 76.9 Å². The molecule has 9 rings (SSSR count). The Hall–Kier alpha value is -5.49. The van der Waals surface area contributed by atoms with Crippen LogP contribution in [0.15, 0.2) is 176 Å². The first kappa shape index (κ1) is 26.9. The average Bonchev–Trinajstić information content (AvgIpc) is 3.13. The molecule has 2 heteroatoms. The maximum atomic E-state index is 15.4. The molecule has 216 valence electrons. The Kier molecular flexibility index (Phi) is 6.17. The van der Waals surface area contributed by atoms with Crippen LogP contribution in [-0.4, -0.2) is 0 Å². The molecule has 0 saturated carbocycles. The number of rotatable bonds is 4. The van der Waals surface area contributed by atoms with Crippen LogP contribution in [0.25, 0.3) is 65.0 Å². The van der Waals surface area contributed by atoms with Crippen LogP contribution in [0.1, 0.15) is 0 Å². The average molecular weight is 605 g/mol. The van der Waals surface area contributed by atoms with Crippen LogP contribution in [0, 0.1) is 0 Å². The zero-order valence-electron chi connectivity index (χ0n) is 25.1. The van der Waals surface area contributed by atoms with Crippen LogP contribution in [0.4, 0.5) is 0 Å². The third kappa shape index (κ3) is 4.21. The van der Waals surface area contributed by atoms with E-state index >= 15 is 4.57 Å². The van der Waals surface area contributed by atoms with Gasteiger partial charge >= 0.3 is 0 Å². The van der Waals surface area contributed by atoms with Gasteiger partial charge in [0, 0.05) is 15.9 Å². The fourth-order valence-electron chi connectivity index (χ4n) is 7.14. The molecule has 0 aromatic heterocycles. The predicted octanol–water partition coefficient (Wildman–Crippen LogP) is 10.8. The Bertz CT molecular complexity index is 2650. The van der Waals surface area contributed by atoms with Crippen molar-refractivity contribution in [3.8, 4) is 11.1 Å². The molecule has 0 saturated heterocycles. The van der Waals surface area contributed by atoms with Crippen LogP contribution in [-0.2, 0) is 4.57 Å². The fraction of sp³-hybridized carbons (Fsp3) is 0. The molecule has 0 amide bonds. The van der Waals surface area contributed by atoms with E-state index in [1.54, 1.807) is 0 Å². The number of fused-ring (bicyclic) bond motifs is 7. The van der Waals surface area contributed by atoms with Gasteiger partial charge in [0.25, 0.3) is 0 Å². The zero-order valence-corrected chi connectivity index (χ0v) is 26.0. The van der Waals surface area contributed by atoms with Crippen molar-refractivity contribution in [2.24, 2.45) is 0 Å². The minimum Gasteiger partial charge on any atom is -0.309 e. The van der Waals surface area contributed by atoms with Crippen LogP contribution in [0.5, 0.6) is 0 Å². The van der Waals surface area contributed by atoms with Gasteiger partial charge in [0.05, 0.1) is 0 Å². The largest absolute Gasteiger partial charge is 0.309 e. The summed E-state index contributed by atoms with van der Waals surface area (Å²) in [5.41, 5.74) is 2.29. The molecule has 0 aliphatic rings. The highest BCUT2D eigenvalue weighted by molar-refractivity contribution is 7.85. The van der Waals surface area contributed by atoms with E-state index in [-0.39, 0.29) is 0 Å². The summed E-state index contributed by atoms with van der Waals surface area (Å²) in [6.45, 7) is 0. The monoisotopic (exact) mass is 604 g/mol. The summed E-state index contributed by atoms with van der Waals surface area (Å²) in [6, 6.07) is 61.6. The van der Waals surface area contributed by atoms with Crippen molar-refractivity contribution in [1.82, 2.24) is 0 Å². The second-order valence-corrected chi connectivity index (χ2v) is 14.8. The van der Waals surface area contributed by atoms with E-state index in [0.29, 0.717) is 0 Å². The molecule has 0 radical (unpaired) electrons. The molecular formula is C44H29OP. The van der Waals surface area contributed by atoms with Crippen molar-refractivity contribution in [2.45, 2.75) is 0 Å². The third-order valence-corrected chi connectivity index (χ3v) is 12.5. The van der Waals surface area contributed by atoms with E-state index in [9.17, 15) is 0 Å². The molecule has 0 heterocycles. The van der Waals surface area contributed by atoms with Gasteiger partial charge in [0.2, 0.25) is 0 Å². The van der Waals surface area contributed by atoms with E-state index in [0.717, 1.165) is 32.2 Å². The number of hydrogen-bond acceptors (Lipinski definition) is 1. The fourth-order valence-corrected chi connectivity index (χ4v) is 9.80. The minimum absolute atomic E-state index is 0.832. The molecule has 0 N–H and O–H groups in total. The van der Waals surface area contributed by atoms with Crippen LogP contribution >= 0.6 is 7.14 Å². The first-order valence-electron chi connectivity index (χ1n) is 15.7. The maximum absolute atomic E-state index is 15.4. The highest BCUT2D eigenvalue weighted by Gasteiger charge is 2.30. The molecule has 1 unspecified atom stereocenters. The van der Waals surface area contributed by atoms with Crippen LogP contribution < -0.4 is 15.9 Å². The van der Waals surface area contributed by atoms with Gasteiger partial charge in [-0.2, -0.15) is 0 Å². The number of benzene rings is 9. The number of hydrogen-bond donors (Lipinski definition) is 0. The Morgan fingerprint density at radius 2 is 0.826 bits per heavy atom. The summed E-state index contributed by atoms with van der Waals surface area (Å²) >= 11 is 0. The second kappa shape index (κ2) is 10.6. The molecule has 0 spiro atoms. The molecule has 1 nitrogen and oxygen atoms in total. The van der Waals surface area contributed by atoms with Gasteiger partial charge in [-0.15, -0.1) is 0 Å². The Morgan fingerprint density at radius 3 is 1.57 bits per heavy atom. The Labute approximate surface area is 267 Å². The van der Waals surface area contributed by atoms with E-state index in [1.165, 1.54) is 48.7 Å². The third-order valence-electron chi connectivity index (χ3n) is 9.48. The van der Waals surface area contributed by atoms with Crippen molar-refractivity contribution in [1.29, 1.82) is 0 Å². The molecule has 0 bridgehead atoms. The van der Waals surface area contributed by atoms with Crippen LogP contribution in [0.3, 0.4) is 0 Å². The normalized spacial score (nSPS) is 13.0. The molecule has 1 atom stereocenters. The molecule has 0 fully saturated rings. The summed E-state index contributed by atoms with van der Waals surface area (Å²) < 4.78 is 15.4. The van der Waals surface area contributed by atoms with E-state index in [2.05, 4.69) is 127 Å². The molecule has 9 aromatic rings. The highest BCUT2D eigenvalue weighted by atomic mass is 31.2. The molecule has 0 aliphatic carbocycles. The van der Waals surface area contributed by atoms with Crippen molar-refractivity contribution < 1.29 is 4.57 Å². The van der Waals surface area contributed by atoms with E-state index in [4.69, 9.17) is 0 Å². The summed E-state index contributed by atoms with van der Waals surface area (Å²) in [5, 5.41) is 14.6. The molecular weight excluding hydrogens is 575 g/mol. The van der Waals surface area contributed by atoms with Gasteiger partial charge < -0.3 is 4.57 Å². The van der Waals surface area contributed by atoms with E-state index < -0.39 is 7.14 Å². The van der Waals surface area contributed by atoms with Gasteiger partial charge in [-0.25, -0.2) is 0 Å². The van der Waals surface area contributed by atoms with Gasteiger partial charge in [-0.05, 0) is 89.3 Å². The molecule has 9 aromatic carbocycles. The lowest BCUT2D eigenvalue weighted by atomic mass is 9.89. The summed E-state index contributed by atoms with van der Waals surface area (Å²) in [6.07, 6.45) is 0. The standard InChI is InChI=1S/C44H29OP/c45-46(36-15-2-1-3-16-36,38-24-18-30-10-4-5-12-33(30)26-38)37-22-19-32(20-23-37)41-29-44-39-17-9-8-11-31(39)21-25-40(44)42-27-34-13-6-7-14-35(34)28-43(41)42/h1-29H. The second-order valence-electron chi connectivity index (χ2n) is 12.1. The van der Waals surface area contributed by atoms with Gasteiger partial charge in [0.1, 0.15) is 0 Å². The lowest BCUT2D eigenvalue weighted by molar-refractivity contribution is 0.592. The quantitative estimate of drug-likeness (QED) is 0.111. The van der Waals surface area contributed by atoms with Gasteiger partial charge in [-0.3, -0.25) is 0 Å². The topological polar surface area (TPSA) is 17.1 Å². The summed E-state index contributed by atoms with van der Waals surface area (Å²) in [4.78, 5) is 0. The zero-order chi connectivity index (χ0) is 30.7. The summed E-state index contributed by atoms with van der Waals surface area (Å²) in [5.74, 6) is 0. The maximum Gasteiger partial charge on any atom is 0.171 e. The lowest BCUT2D eigenvalue weighted by Gasteiger charge is -2.21. The lowest BCUT2D eigenvalue weighted by Crippen LogP contribution is -2.25. The Morgan fingerprint density at radius 1 is 0.304 bits per heavy atom. The predicted molar refractivity (Wildman–Crippen MR) is 199 cm³/mol. The van der Waals surface area contributed by atoms with Crippen molar-refractivity contribution in [2.75, 3.05) is 0 Å². The highest BCUT2D eigenvalue weighted by Crippen LogP contribution is 2.44. The summed E-state index contributed by atoms with van der Waals surface area (Å²) in [7, 11) is -3.14.